The van der Waals surface area contributed by atoms with Crippen LogP contribution in [0.3, 0.4) is 0 Å². The molecule has 19 heavy (non-hydrogen) atoms. The molecule has 1 N–H and O–H groups in total. The van der Waals surface area contributed by atoms with Crippen molar-refractivity contribution in [3.05, 3.63) is 27.3 Å². The molecular formula is C14H17IO4. The van der Waals surface area contributed by atoms with E-state index in [2.05, 4.69) is 22.6 Å². The summed E-state index contributed by atoms with van der Waals surface area (Å²) in [6, 6.07) is 4.93. The molecule has 1 fully saturated rings. The van der Waals surface area contributed by atoms with Gasteiger partial charge in [0.15, 0.2) is 0 Å². The highest BCUT2D eigenvalue weighted by Gasteiger charge is 2.15. The van der Waals surface area contributed by atoms with Gasteiger partial charge in [0, 0.05) is 6.61 Å². The Morgan fingerprint density at radius 1 is 1.53 bits per heavy atom. The predicted octanol–water partition coefficient (Wildman–Crippen LogP) is 3.33. The maximum atomic E-state index is 10.9. The van der Waals surface area contributed by atoms with Gasteiger partial charge in [0.2, 0.25) is 0 Å². The van der Waals surface area contributed by atoms with E-state index in [-0.39, 0.29) is 5.56 Å². The first kappa shape index (κ1) is 14.6. The summed E-state index contributed by atoms with van der Waals surface area (Å²) in [6.07, 6.45) is 4.62. The second-order valence-corrected chi connectivity index (χ2v) is 5.74. The van der Waals surface area contributed by atoms with Crippen LogP contribution in [0.5, 0.6) is 5.75 Å². The number of carboxylic acid groups (broad SMARTS) is 1. The third-order valence-corrected chi connectivity index (χ3v) is 4.02. The Morgan fingerprint density at radius 3 is 3.05 bits per heavy atom. The lowest BCUT2D eigenvalue weighted by Gasteiger charge is -2.11. The van der Waals surface area contributed by atoms with E-state index in [1.165, 1.54) is 0 Å². The average molecular weight is 376 g/mol. The van der Waals surface area contributed by atoms with Gasteiger partial charge in [-0.2, -0.15) is 0 Å². The quantitative estimate of drug-likeness (QED) is 0.611. The molecule has 1 aromatic rings. The highest BCUT2D eigenvalue weighted by molar-refractivity contribution is 14.1. The van der Waals surface area contributed by atoms with Gasteiger partial charge in [-0.05, 0) is 66.5 Å². The van der Waals surface area contributed by atoms with E-state index in [0.29, 0.717) is 18.5 Å². The molecule has 4 nitrogen and oxygen atoms in total. The number of hydrogen-bond donors (Lipinski definition) is 1. The second-order valence-electron chi connectivity index (χ2n) is 4.58. The molecule has 0 aromatic heterocycles. The van der Waals surface area contributed by atoms with Gasteiger partial charge in [-0.1, -0.05) is 0 Å². The molecular weight excluding hydrogens is 359 g/mol. The van der Waals surface area contributed by atoms with Crippen molar-refractivity contribution in [1.29, 1.82) is 0 Å². The summed E-state index contributed by atoms with van der Waals surface area (Å²) in [5.74, 6) is -0.284. The second kappa shape index (κ2) is 7.09. The van der Waals surface area contributed by atoms with Crippen LogP contribution in [0.1, 0.15) is 36.0 Å². The van der Waals surface area contributed by atoms with Gasteiger partial charge in [0.25, 0.3) is 0 Å². The fourth-order valence-electron chi connectivity index (χ4n) is 2.11. The minimum atomic E-state index is -0.930. The van der Waals surface area contributed by atoms with Gasteiger partial charge in [-0.15, -0.1) is 0 Å². The fraction of sp³-hybridized carbons (Fsp3) is 0.500. The molecule has 2 rings (SSSR count). The third-order valence-electron chi connectivity index (χ3n) is 3.13. The first-order valence-electron chi connectivity index (χ1n) is 6.44. The maximum absolute atomic E-state index is 10.9. The van der Waals surface area contributed by atoms with Crippen LogP contribution in [0.2, 0.25) is 0 Å². The molecule has 0 saturated carbocycles. The molecule has 1 atom stereocenters. The van der Waals surface area contributed by atoms with E-state index in [0.717, 1.165) is 35.9 Å². The van der Waals surface area contributed by atoms with Crippen LogP contribution in [0.25, 0.3) is 0 Å². The van der Waals surface area contributed by atoms with Gasteiger partial charge in [0.05, 0.1) is 21.8 Å². The first-order chi connectivity index (χ1) is 9.16. The summed E-state index contributed by atoms with van der Waals surface area (Å²) < 4.78 is 12.1. The molecule has 0 amide bonds. The number of halogens is 1. The topological polar surface area (TPSA) is 55.8 Å². The molecule has 0 aliphatic carbocycles. The van der Waals surface area contributed by atoms with E-state index in [9.17, 15) is 4.79 Å². The van der Waals surface area contributed by atoms with E-state index in [1.54, 1.807) is 18.2 Å². The van der Waals surface area contributed by atoms with Crippen molar-refractivity contribution in [1.82, 2.24) is 0 Å². The van der Waals surface area contributed by atoms with Gasteiger partial charge < -0.3 is 14.6 Å². The molecule has 1 heterocycles. The summed E-state index contributed by atoms with van der Waals surface area (Å²) in [7, 11) is 0. The minimum Gasteiger partial charge on any atom is -0.492 e. The Labute approximate surface area is 126 Å². The fourth-order valence-corrected chi connectivity index (χ4v) is 2.60. The lowest BCUT2D eigenvalue weighted by atomic mass is 10.1. The summed E-state index contributed by atoms with van der Waals surface area (Å²) in [4.78, 5) is 10.9. The smallest absolute Gasteiger partial charge is 0.335 e. The van der Waals surface area contributed by atoms with Crippen molar-refractivity contribution in [2.45, 2.75) is 31.8 Å². The number of hydrogen-bond acceptors (Lipinski definition) is 3. The van der Waals surface area contributed by atoms with E-state index in [1.807, 2.05) is 0 Å². The molecule has 1 unspecified atom stereocenters. The van der Waals surface area contributed by atoms with Crippen molar-refractivity contribution in [3.8, 4) is 5.75 Å². The molecule has 1 saturated heterocycles. The third kappa shape index (κ3) is 4.35. The zero-order chi connectivity index (χ0) is 13.7. The van der Waals surface area contributed by atoms with E-state index < -0.39 is 5.97 Å². The number of rotatable bonds is 6. The van der Waals surface area contributed by atoms with Crippen molar-refractivity contribution >= 4 is 28.6 Å². The normalized spacial score (nSPS) is 18.5. The van der Waals surface area contributed by atoms with Gasteiger partial charge in [-0.3, -0.25) is 0 Å². The van der Waals surface area contributed by atoms with Crippen LogP contribution in [-0.4, -0.2) is 30.4 Å². The lowest BCUT2D eigenvalue weighted by Crippen LogP contribution is -2.08. The largest absolute Gasteiger partial charge is 0.492 e. The Kier molecular flexibility index (Phi) is 5.45. The monoisotopic (exact) mass is 376 g/mol. The van der Waals surface area contributed by atoms with Crippen molar-refractivity contribution in [3.63, 3.8) is 0 Å². The summed E-state index contributed by atoms with van der Waals surface area (Å²) in [5, 5.41) is 8.94. The van der Waals surface area contributed by atoms with Crippen molar-refractivity contribution < 1.29 is 19.4 Å². The first-order valence-corrected chi connectivity index (χ1v) is 7.52. The molecule has 0 spiro atoms. The van der Waals surface area contributed by atoms with Crippen LogP contribution in [0.15, 0.2) is 18.2 Å². The standard InChI is InChI=1S/C14H17IO4/c15-12-6-5-10(14(16)17)9-13(12)19-8-2-4-11-3-1-7-18-11/h5-6,9,11H,1-4,7-8H2,(H,16,17). The maximum Gasteiger partial charge on any atom is 0.335 e. The Balaban J connectivity index is 1.81. The molecule has 104 valence electrons. The van der Waals surface area contributed by atoms with Crippen molar-refractivity contribution in [2.75, 3.05) is 13.2 Å². The molecule has 0 bridgehead atoms. The van der Waals surface area contributed by atoms with Gasteiger partial charge in [-0.25, -0.2) is 4.79 Å². The van der Waals surface area contributed by atoms with Crippen LogP contribution in [-0.2, 0) is 4.74 Å². The lowest BCUT2D eigenvalue weighted by molar-refractivity contribution is 0.0696. The molecule has 5 heteroatoms. The van der Waals surface area contributed by atoms with Crippen LogP contribution < -0.4 is 4.74 Å². The Hall–Kier alpha value is -0.820. The predicted molar refractivity (Wildman–Crippen MR) is 79.8 cm³/mol. The minimum absolute atomic E-state index is 0.259. The number of carboxylic acids is 1. The van der Waals surface area contributed by atoms with Crippen LogP contribution >= 0.6 is 22.6 Å². The van der Waals surface area contributed by atoms with E-state index in [4.69, 9.17) is 14.6 Å². The number of aromatic carboxylic acids is 1. The van der Waals surface area contributed by atoms with Gasteiger partial charge >= 0.3 is 5.97 Å². The number of ether oxygens (including phenoxy) is 2. The Bertz CT molecular complexity index is 441. The highest BCUT2D eigenvalue weighted by atomic mass is 127. The highest BCUT2D eigenvalue weighted by Crippen LogP contribution is 2.23. The van der Waals surface area contributed by atoms with Crippen molar-refractivity contribution in [2.24, 2.45) is 0 Å². The van der Waals surface area contributed by atoms with Crippen LogP contribution in [0.4, 0.5) is 0 Å². The summed E-state index contributed by atoms with van der Waals surface area (Å²) >= 11 is 2.15. The SMILES string of the molecule is O=C(O)c1ccc(I)c(OCCCC2CCCO2)c1. The van der Waals surface area contributed by atoms with Gasteiger partial charge in [0.1, 0.15) is 5.75 Å². The van der Waals surface area contributed by atoms with E-state index >= 15 is 0 Å². The number of carbonyl (C=O) groups is 1. The molecule has 0 radical (unpaired) electrons. The zero-order valence-electron chi connectivity index (χ0n) is 10.6. The van der Waals surface area contributed by atoms with Crippen LogP contribution in [0, 0.1) is 3.57 Å². The Morgan fingerprint density at radius 2 is 2.37 bits per heavy atom. The average Bonchev–Trinajstić information content (AvgIpc) is 2.89. The molecule has 1 aliphatic rings. The zero-order valence-corrected chi connectivity index (χ0v) is 12.8. The molecule has 1 aliphatic heterocycles. The summed E-state index contributed by atoms with van der Waals surface area (Å²) in [5.41, 5.74) is 0.259. The summed E-state index contributed by atoms with van der Waals surface area (Å²) in [6.45, 7) is 1.48. The molecule has 1 aromatic carbocycles. The number of benzene rings is 1.